The number of nitrogens with zero attached hydrogens (tertiary/aromatic N) is 10. The monoisotopic (exact) mass is 250 g/mol. The van der Waals surface area contributed by atoms with Crippen LogP contribution in [0, 0.1) is 0 Å². The van der Waals surface area contributed by atoms with Crippen molar-refractivity contribution in [2.75, 3.05) is 0 Å². The number of aryl methyl sites for hydroxylation is 2. The SMILES string of the molecule is CCCn1nnnc1N=Nc1nnnn1CCC. The summed E-state index contributed by atoms with van der Waals surface area (Å²) in [6.07, 6.45) is 1.84. The van der Waals surface area contributed by atoms with Crippen molar-refractivity contribution in [1.82, 2.24) is 40.4 Å². The van der Waals surface area contributed by atoms with Crippen molar-refractivity contribution >= 4 is 11.9 Å². The lowest BCUT2D eigenvalue weighted by Gasteiger charge is -1.97. The lowest BCUT2D eigenvalue weighted by Crippen LogP contribution is -1.99. The van der Waals surface area contributed by atoms with Crippen LogP contribution in [0.2, 0.25) is 0 Å². The molecule has 0 aliphatic heterocycles. The van der Waals surface area contributed by atoms with Gasteiger partial charge in [-0.1, -0.05) is 24.0 Å². The summed E-state index contributed by atoms with van der Waals surface area (Å²) in [5.74, 6) is 0.700. The number of rotatable bonds is 6. The highest BCUT2D eigenvalue weighted by molar-refractivity contribution is 5.14. The van der Waals surface area contributed by atoms with E-state index in [0.717, 1.165) is 12.8 Å². The van der Waals surface area contributed by atoms with E-state index in [0.29, 0.717) is 25.0 Å². The predicted octanol–water partition coefficient (Wildman–Crippen LogP) is 0.895. The first-order valence-corrected chi connectivity index (χ1v) is 5.79. The van der Waals surface area contributed by atoms with Crippen molar-refractivity contribution in [3.8, 4) is 0 Å². The Morgan fingerprint density at radius 1 is 0.833 bits per heavy atom. The molecule has 0 amide bonds. The maximum absolute atomic E-state index is 3.96. The van der Waals surface area contributed by atoms with E-state index in [4.69, 9.17) is 0 Å². The molecule has 2 aromatic rings. The predicted molar refractivity (Wildman–Crippen MR) is 60.4 cm³/mol. The van der Waals surface area contributed by atoms with Crippen LogP contribution < -0.4 is 0 Å². The Bertz CT molecular complexity index is 465. The van der Waals surface area contributed by atoms with Gasteiger partial charge in [-0.25, -0.2) is 9.36 Å². The fraction of sp³-hybridized carbons (Fsp3) is 0.750. The van der Waals surface area contributed by atoms with Crippen LogP contribution in [0.4, 0.5) is 11.9 Å². The molecule has 0 bridgehead atoms. The van der Waals surface area contributed by atoms with Crippen LogP contribution in [0.1, 0.15) is 26.7 Å². The smallest absolute Gasteiger partial charge is 0.209 e. The first-order valence-electron chi connectivity index (χ1n) is 5.79. The summed E-state index contributed by atoms with van der Waals surface area (Å²) in [5.41, 5.74) is 0. The van der Waals surface area contributed by atoms with Crippen LogP contribution in [-0.2, 0) is 13.1 Å². The molecule has 0 fully saturated rings. The summed E-state index contributed by atoms with van der Waals surface area (Å²) in [5, 5.41) is 30.2. The second kappa shape index (κ2) is 5.89. The Hall–Kier alpha value is -2.26. The summed E-state index contributed by atoms with van der Waals surface area (Å²) in [4.78, 5) is 0. The zero-order valence-corrected chi connectivity index (χ0v) is 10.3. The van der Waals surface area contributed by atoms with Crippen molar-refractivity contribution < 1.29 is 0 Å². The Morgan fingerprint density at radius 3 is 1.67 bits per heavy atom. The molecule has 10 heteroatoms. The third-order valence-corrected chi connectivity index (χ3v) is 2.13. The minimum Gasteiger partial charge on any atom is -0.209 e. The molecule has 0 N–H and O–H groups in total. The van der Waals surface area contributed by atoms with Crippen LogP contribution in [0.5, 0.6) is 0 Å². The molecule has 18 heavy (non-hydrogen) atoms. The molecule has 0 aliphatic carbocycles. The van der Waals surface area contributed by atoms with Crippen molar-refractivity contribution in [3.63, 3.8) is 0 Å². The van der Waals surface area contributed by atoms with Crippen molar-refractivity contribution in [1.29, 1.82) is 0 Å². The van der Waals surface area contributed by atoms with Gasteiger partial charge in [0.2, 0.25) is 0 Å². The molecule has 0 aliphatic rings. The molecule has 0 atom stereocenters. The first-order chi connectivity index (χ1) is 8.85. The molecule has 96 valence electrons. The fourth-order valence-corrected chi connectivity index (χ4v) is 1.35. The van der Waals surface area contributed by atoms with Gasteiger partial charge in [0.1, 0.15) is 0 Å². The summed E-state index contributed by atoms with van der Waals surface area (Å²) in [6.45, 7) is 5.46. The highest BCUT2D eigenvalue weighted by Crippen LogP contribution is 2.12. The summed E-state index contributed by atoms with van der Waals surface area (Å²) in [7, 11) is 0. The number of hydrogen-bond acceptors (Lipinski definition) is 8. The number of azo groups is 1. The molecular weight excluding hydrogens is 236 g/mol. The molecule has 0 radical (unpaired) electrons. The third-order valence-electron chi connectivity index (χ3n) is 2.13. The lowest BCUT2D eigenvalue weighted by molar-refractivity contribution is 0.574. The Morgan fingerprint density at radius 2 is 1.28 bits per heavy atom. The van der Waals surface area contributed by atoms with Crippen molar-refractivity contribution in [2.24, 2.45) is 10.2 Å². The van der Waals surface area contributed by atoms with Gasteiger partial charge >= 0.3 is 0 Å². The van der Waals surface area contributed by atoms with E-state index in [1.165, 1.54) is 0 Å². The highest BCUT2D eigenvalue weighted by Gasteiger charge is 2.06. The second-order valence-electron chi connectivity index (χ2n) is 3.60. The minimum absolute atomic E-state index is 0.350. The summed E-state index contributed by atoms with van der Waals surface area (Å²) < 4.78 is 3.16. The minimum atomic E-state index is 0.350. The largest absolute Gasteiger partial charge is 0.288 e. The lowest BCUT2D eigenvalue weighted by atomic mass is 10.5. The van der Waals surface area contributed by atoms with Gasteiger partial charge < -0.3 is 0 Å². The van der Waals surface area contributed by atoms with E-state index < -0.39 is 0 Å². The molecule has 0 aromatic carbocycles. The quantitative estimate of drug-likeness (QED) is 0.704. The summed E-state index contributed by atoms with van der Waals surface area (Å²) in [6, 6.07) is 0. The van der Waals surface area contributed by atoms with Crippen molar-refractivity contribution in [2.45, 2.75) is 39.8 Å². The van der Waals surface area contributed by atoms with Crippen LogP contribution >= 0.6 is 0 Å². The van der Waals surface area contributed by atoms with Gasteiger partial charge in [0.25, 0.3) is 11.9 Å². The molecule has 2 aromatic heterocycles. The average molecular weight is 250 g/mol. The molecule has 0 spiro atoms. The molecule has 0 saturated carbocycles. The van der Waals surface area contributed by atoms with Gasteiger partial charge in [0.05, 0.1) is 0 Å². The maximum atomic E-state index is 3.96. The molecule has 0 saturated heterocycles. The van der Waals surface area contributed by atoms with Crippen LogP contribution in [-0.4, -0.2) is 40.4 Å². The Kier molecular flexibility index (Phi) is 3.99. The average Bonchev–Trinajstić information content (AvgIpc) is 2.97. The highest BCUT2D eigenvalue weighted by atomic mass is 15.6. The van der Waals surface area contributed by atoms with Crippen LogP contribution in [0.15, 0.2) is 10.2 Å². The number of aromatic nitrogens is 8. The maximum Gasteiger partial charge on any atom is 0.288 e. The van der Waals surface area contributed by atoms with Crippen LogP contribution in [0.3, 0.4) is 0 Å². The molecular formula is C8H14N10. The zero-order chi connectivity index (χ0) is 12.8. The van der Waals surface area contributed by atoms with E-state index in [9.17, 15) is 0 Å². The van der Waals surface area contributed by atoms with E-state index in [-0.39, 0.29) is 0 Å². The number of hydrogen-bond donors (Lipinski definition) is 0. The van der Waals surface area contributed by atoms with E-state index >= 15 is 0 Å². The van der Waals surface area contributed by atoms with Gasteiger partial charge in [-0.3, -0.25) is 0 Å². The van der Waals surface area contributed by atoms with Crippen LogP contribution in [0.25, 0.3) is 0 Å². The molecule has 2 heterocycles. The molecule has 10 nitrogen and oxygen atoms in total. The summed E-state index contributed by atoms with van der Waals surface area (Å²) >= 11 is 0. The Balaban J connectivity index is 2.14. The van der Waals surface area contributed by atoms with E-state index in [2.05, 4.69) is 41.3 Å². The number of tetrazole rings is 2. The normalized spacial score (nSPS) is 11.4. The Labute approximate surface area is 103 Å². The van der Waals surface area contributed by atoms with E-state index in [1.807, 2.05) is 13.8 Å². The van der Waals surface area contributed by atoms with Crippen molar-refractivity contribution in [3.05, 3.63) is 0 Å². The van der Waals surface area contributed by atoms with Gasteiger partial charge in [-0.15, -0.1) is 10.2 Å². The zero-order valence-electron chi connectivity index (χ0n) is 10.3. The standard InChI is InChI=1S/C8H14N10/c1-3-5-17-7(11-13-15-17)9-10-8-12-14-16-18(8)6-4-2/h3-6H2,1-2H3. The second-order valence-corrected chi connectivity index (χ2v) is 3.60. The van der Waals surface area contributed by atoms with E-state index in [1.54, 1.807) is 9.36 Å². The van der Waals surface area contributed by atoms with Gasteiger partial charge in [0.15, 0.2) is 0 Å². The fourth-order valence-electron chi connectivity index (χ4n) is 1.35. The van der Waals surface area contributed by atoms with Gasteiger partial charge in [0, 0.05) is 13.1 Å². The van der Waals surface area contributed by atoms with Gasteiger partial charge in [-0.2, -0.15) is 0 Å². The molecule has 0 unspecified atom stereocenters. The molecule has 2 rings (SSSR count). The topological polar surface area (TPSA) is 112 Å². The van der Waals surface area contributed by atoms with Gasteiger partial charge in [-0.05, 0) is 33.7 Å². The third kappa shape index (κ3) is 2.70. The first kappa shape index (κ1) is 12.2.